The molecule has 0 atom stereocenters. The number of hydrogen-bond acceptors (Lipinski definition) is 6. The number of nitrogens with zero attached hydrogens (tertiary/aromatic N) is 3. The number of rotatable bonds is 5. The lowest BCUT2D eigenvalue weighted by Gasteiger charge is -2.27. The van der Waals surface area contributed by atoms with E-state index in [1.165, 1.54) is 30.6 Å². The summed E-state index contributed by atoms with van der Waals surface area (Å²) in [6.45, 7) is 0.760. The number of hydrogen-bond donors (Lipinski definition) is 1. The molecule has 2 aromatic rings. The van der Waals surface area contributed by atoms with Gasteiger partial charge in [0.25, 0.3) is 0 Å². The molecule has 1 aromatic heterocycles. The number of amidine groups is 1. The molecule has 1 aliphatic carbocycles. The van der Waals surface area contributed by atoms with Crippen LogP contribution >= 0.6 is 11.3 Å². The monoisotopic (exact) mass is 456 g/mol. The van der Waals surface area contributed by atoms with E-state index in [0.717, 1.165) is 62.2 Å². The number of benzene rings is 1. The molecule has 2 amide bonds. The number of urea groups is 1. The summed E-state index contributed by atoms with van der Waals surface area (Å²) in [6.07, 6.45) is 9.73. The Balaban J connectivity index is 1.62. The van der Waals surface area contributed by atoms with Crippen LogP contribution in [0.25, 0.3) is 11.3 Å². The Labute approximate surface area is 193 Å². The first-order valence-electron chi connectivity index (χ1n) is 11.5. The van der Waals surface area contributed by atoms with E-state index < -0.39 is 0 Å². The van der Waals surface area contributed by atoms with Crippen molar-refractivity contribution in [1.82, 2.24) is 10.3 Å². The fourth-order valence-corrected chi connectivity index (χ4v) is 5.19. The summed E-state index contributed by atoms with van der Waals surface area (Å²) in [6, 6.07) is 5.86. The molecule has 4 rings (SSSR count). The molecule has 0 unspecified atom stereocenters. The molecule has 32 heavy (non-hydrogen) atoms. The number of nitrogens with one attached hydrogen (secondary N) is 1. The molecule has 0 spiro atoms. The minimum atomic E-state index is -0.106. The van der Waals surface area contributed by atoms with Crippen LogP contribution in [-0.4, -0.2) is 43.7 Å². The maximum absolute atomic E-state index is 13.4. The minimum absolute atomic E-state index is 0.106. The molecule has 1 fully saturated rings. The lowest BCUT2D eigenvalue weighted by molar-refractivity contribution is 0.241. The van der Waals surface area contributed by atoms with E-state index >= 15 is 0 Å². The van der Waals surface area contributed by atoms with Crippen LogP contribution in [0.3, 0.4) is 0 Å². The fraction of sp³-hybridized carbons (Fsp3) is 0.542. The van der Waals surface area contributed by atoms with Crippen LogP contribution in [0, 0.1) is 0 Å². The van der Waals surface area contributed by atoms with Crippen LogP contribution in [0.2, 0.25) is 0 Å². The van der Waals surface area contributed by atoms with Crippen LogP contribution in [0.15, 0.2) is 28.6 Å². The van der Waals surface area contributed by atoms with Crippen molar-refractivity contribution in [1.29, 1.82) is 0 Å². The number of ether oxygens (including phenoxy) is 2. The molecule has 1 N–H and O–H groups in total. The number of amides is 2. The van der Waals surface area contributed by atoms with E-state index in [1.54, 1.807) is 19.1 Å². The van der Waals surface area contributed by atoms with Crippen LogP contribution in [0.4, 0.5) is 9.93 Å². The Morgan fingerprint density at radius 1 is 1.06 bits per heavy atom. The molecular formula is C24H32N4O3S. The number of aromatic nitrogens is 1. The second kappa shape index (κ2) is 10.8. The molecule has 172 valence electrons. The smallest absolute Gasteiger partial charge is 0.329 e. The average molecular weight is 457 g/mol. The zero-order chi connectivity index (χ0) is 22.3. The van der Waals surface area contributed by atoms with Crippen molar-refractivity contribution < 1.29 is 14.3 Å². The van der Waals surface area contributed by atoms with Crippen molar-refractivity contribution in [2.75, 3.05) is 25.7 Å². The molecule has 0 radical (unpaired) electrons. The molecular weight excluding hydrogens is 424 g/mol. The first kappa shape index (κ1) is 22.6. The highest BCUT2D eigenvalue weighted by Gasteiger charge is 2.28. The van der Waals surface area contributed by atoms with Gasteiger partial charge in [0.15, 0.2) is 16.6 Å². The highest BCUT2D eigenvalue weighted by molar-refractivity contribution is 7.14. The largest absolute Gasteiger partial charge is 0.493 e. The van der Waals surface area contributed by atoms with Crippen molar-refractivity contribution in [2.45, 2.75) is 63.8 Å². The van der Waals surface area contributed by atoms with Crippen LogP contribution in [-0.2, 0) is 0 Å². The number of anilines is 1. The summed E-state index contributed by atoms with van der Waals surface area (Å²) in [7, 11) is 3.24. The Bertz CT molecular complexity index is 952. The first-order valence-corrected chi connectivity index (χ1v) is 12.4. The van der Waals surface area contributed by atoms with E-state index in [4.69, 9.17) is 19.5 Å². The fourth-order valence-electron chi connectivity index (χ4n) is 4.34. The van der Waals surface area contributed by atoms with Gasteiger partial charge in [-0.2, -0.15) is 0 Å². The third kappa shape index (κ3) is 5.23. The molecule has 0 bridgehead atoms. The number of aliphatic imine (C=N–C) groups is 1. The second-order valence-electron chi connectivity index (χ2n) is 8.31. The van der Waals surface area contributed by atoms with Gasteiger partial charge in [-0.05, 0) is 43.9 Å². The molecule has 7 nitrogen and oxygen atoms in total. The van der Waals surface area contributed by atoms with Gasteiger partial charge in [0.05, 0.1) is 19.9 Å². The predicted molar refractivity (Wildman–Crippen MR) is 129 cm³/mol. The first-order chi connectivity index (χ1) is 15.7. The summed E-state index contributed by atoms with van der Waals surface area (Å²) in [5.74, 6) is 2.15. The molecule has 1 aliphatic heterocycles. The Hall–Kier alpha value is -2.61. The molecule has 1 saturated carbocycles. The zero-order valence-electron chi connectivity index (χ0n) is 18.9. The summed E-state index contributed by atoms with van der Waals surface area (Å²) < 4.78 is 10.8. The van der Waals surface area contributed by atoms with Gasteiger partial charge in [0, 0.05) is 30.0 Å². The van der Waals surface area contributed by atoms with Crippen molar-refractivity contribution in [2.24, 2.45) is 4.99 Å². The van der Waals surface area contributed by atoms with E-state index in [-0.39, 0.29) is 12.1 Å². The number of carbonyl (C=O) groups is 1. The number of carbonyl (C=O) groups excluding carboxylic acids is 1. The minimum Gasteiger partial charge on any atom is -0.493 e. The molecule has 2 heterocycles. The highest BCUT2D eigenvalue weighted by atomic mass is 32.1. The molecule has 1 aromatic carbocycles. The quantitative estimate of drug-likeness (QED) is 0.631. The van der Waals surface area contributed by atoms with Gasteiger partial charge in [-0.25, -0.2) is 14.7 Å². The summed E-state index contributed by atoms with van der Waals surface area (Å²) in [4.78, 5) is 24.7. The maximum atomic E-state index is 13.4. The Kier molecular flexibility index (Phi) is 7.63. The average Bonchev–Trinajstić information content (AvgIpc) is 3.15. The van der Waals surface area contributed by atoms with Crippen molar-refractivity contribution in [3.63, 3.8) is 0 Å². The summed E-state index contributed by atoms with van der Waals surface area (Å²) in [5.41, 5.74) is 1.72. The lowest BCUT2D eigenvalue weighted by atomic mass is 9.96. The third-order valence-corrected chi connectivity index (χ3v) is 6.94. The topological polar surface area (TPSA) is 76.0 Å². The second-order valence-corrected chi connectivity index (χ2v) is 9.15. The van der Waals surface area contributed by atoms with Gasteiger partial charge >= 0.3 is 6.03 Å². The van der Waals surface area contributed by atoms with Gasteiger partial charge in [0.2, 0.25) is 0 Å². The van der Waals surface area contributed by atoms with Gasteiger partial charge in [-0.3, -0.25) is 4.99 Å². The Morgan fingerprint density at radius 3 is 2.62 bits per heavy atom. The molecule has 0 saturated heterocycles. The third-order valence-electron chi connectivity index (χ3n) is 6.11. The van der Waals surface area contributed by atoms with Crippen molar-refractivity contribution in [3.05, 3.63) is 23.6 Å². The van der Waals surface area contributed by atoms with Gasteiger partial charge in [-0.15, -0.1) is 11.3 Å². The van der Waals surface area contributed by atoms with Gasteiger partial charge < -0.3 is 14.8 Å². The van der Waals surface area contributed by atoms with Crippen molar-refractivity contribution >= 4 is 28.3 Å². The highest BCUT2D eigenvalue weighted by Crippen LogP contribution is 2.35. The maximum Gasteiger partial charge on any atom is 0.329 e. The predicted octanol–water partition coefficient (Wildman–Crippen LogP) is 5.65. The summed E-state index contributed by atoms with van der Waals surface area (Å²) >= 11 is 1.47. The van der Waals surface area contributed by atoms with E-state index in [1.807, 2.05) is 23.6 Å². The number of thiazole rings is 1. The SMILES string of the molecule is COc1ccc(-c2csc(N(C(=O)NC3CCCCC3)C3=NCCCCC3)n2)cc1OC. The van der Waals surface area contributed by atoms with Crippen LogP contribution in [0.1, 0.15) is 57.8 Å². The standard InChI is InChI=1S/C24H32N4O3S/c1-30-20-13-12-17(15-21(20)31-2)19-16-32-24(27-19)28(22-11-7-4-8-14-25-22)23(29)26-18-9-5-3-6-10-18/h12-13,15-16,18H,3-11,14H2,1-2H3,(H,26,29). The van der Waals surface area contributed by atoms with Crippen LogP contribution in [0.5, 0.6) is 11.5 Å². The lowest BCUT2D eigenvalue weighted by Crippen LogP contribution is -2.48. The van der Waals surface area contributed by atoms with Crippen LogP contribution < -0.4 is 19.7 Å². The summed E-state index contributed by atoms with van der Waals surface area (Å²) in [5, 5.41) is 5.89. The van der Waals surface area contributed by atoms with E-state index in [2.05, 4.69) is 5.32 Å². The zero-order valence-corrected chi connectivity index (χ0v) is 19.7. The normalized spacial score (nSPS) is 17.2. The molecule has 2 aliphatic rings. The number of methoxy groups -OCH3 is 2. The van der Waals surface area contributed by atoms with Crippen molar-refractivity contribution in [3.8, 4) is 22.8 Å². The van der Waals surface area contributed by atoms with Gasteiger partial charge in [0.1, 0.15) is 5.84 Å². The van der Waals surface area contributed by atoms with E-state index in [9.17, 15) is 4.79 Å². The van der Waals surface area contributed by atoms with Gasteiger partial charge in [-0.1, -0.05) is 25.7 Å². The molecule has 8 heteroatoms. The Morgan fingerprint density at radius 2 is 1.84 bits per heavy atom. The van der Waals surface area contributed by atoms with E-state index in [0.29, 0.717) is 16.6 Å².